The first-order chi connectivity index (χ1) is 9.13. The second-order valence-electron chi connectivity index (χ2n) is 4.27. The average Bonchev–Trinajstić information content (AvgIpc) is 2.38. The fraction of sp³-hybridized carbons (Fsp3) is 0.200. The van der Waals surface area contributed by atoms with Crippen LogP contribution in [0.2, 0.25) is 0 Å². The summed E-state index contributed by atoms with van der Waals surface area (Å²) in [5.74, 6) is 0.623. The quantitative estimate of drug-likeness (QED) is 0.854. The number of hydrogen-bond donors (Lipinski definition) is 1. The van der Waals surface area contributed by atoms with Gasteiger partial charge in [-0.2, -0.15) is 5.26 Å². The predicted octanol–water partition coefficient (Wildman–Crippen LogP) is 4.04. The minimum Gasteiger partial charge on any atom is -0.339 e. The molecule has 1 heterocycles. The fourth-order valence-corrected chi connectivity index (χ4v) is 2.37. The van der Waals surface area contributed by atoms with Gasteiger partial charge in [0, 0.05) is 16.3 Å². The van der Waals surface area contributed by atoms with Crippen LogP contribution in [0.25, 0.3) is 0 Å². The van der Waals surface area contributed by atoms with Crippen LogP contribution in [-0.2, 0) is 0 Å². The molecule has 0 atom stereocenters. The third-order valence-electron chi connectivity index (χ3n) is 2.79. The second kappa shape index (κ2) is 5.77. The summed E-state index contributed by atoms with van der Waals surface area (Å²) < 4.78 is 0. The summed E-state index contributed by atoms with van der Waals surface area (Å²) >= 11 is 1.68. The molecule has 0 aliphatic rings. The van der Waals surface area contributed by atoms with E-state index in [9.17, 15) is 5.26 Å². The van der Waals surface area contributed by atoms with Crippen molar-refractivity contribution in [2.24, 2.45) is 0 Å². The van der Waals surface area contributed by atoms with Crippen LogP contribution in [0.5, 0.6) is 0 Å². The molecule has 4 heteroatoms. The molecule has 0 saturated carbocycles. The van der Waals surface area contributed by atoms with Gasteiger partial charge in [-0.1, -0.05) is 6.07 Å². The number of aromatic nitrogens is 1. The Balaban J connectivity index is 2.40. The van der Waals surface area contributed by atoms with Crippen molar-refractivity contribution in [3.8, 4) is 6.07 Å². The van der Waals surface area contributed by atoms with Crippen LogP contribution < -0.4 is 5.32 Å². The SMILES string of the molecule is CSc1cccc(Nc2nc(C)cc(C)c2C#N)c1. The zero-order valence-corrected chi connectivity index (χ0v) is 12.0. The molecule has 0 unspecified atom stereocenters. The van der Waals surface area contributed by atoms with E-state index in [2.05, 4.69) is 22.4 Å². The molecule has 0 fully saturated rings. The highest BCUT2D eigenvalue weighted by Crippen LogP contribution is 2.24. The molecule has 0 amide bonds. The van der Waals surface area contributed by atoms with Gasteiger partial charge in [0.25, 0.3) is 0 Å². The van der Waals surface area contributed by atoms with E-state index in [0.29, 0.717) is 11.4 Å². The Morgan fingerprint density at radius 1 is 1.26 bits per heavy atom. The van der Waals surface area contributed by atoms with E-state index in [1.807, 2.05) is 44.4 Å². The van der Waals surface area contributed by atoms with Crippen LogP contribution in [0.4, 0.5) is 11.5 Å². The highest BCUT2D eigenvalue weighted by Gasteiger charge is 2.08. The van der Waals surface area contributed by atoms with Crippen LogP contribution in [0, 0.1) is 25.2 Å². The molecule has 96 valence electrons. The normalized spacial score (nSPS) is 10.0. The summed E-state index contributed by atoms with van der Waals surface area (Å²) in [6.45, 7) is 3.86. The number of nitrogens with one attached hydrogen (secondary N) is 1. The smallest absolute Gasteiger partial charge is 0.148 e. The van der Waals surface area contributed by atoms with Gasteiger partial charge in [-0.15, -0.1) is 11.8 Å². The molecule has 2 aromatic rings. The summed E-state index contributed by atoms with van der Waals surface area (Å²) in [6, 6.07) is 12.2. The lowest BCUT2D eigenvalue weighted by molar-refractivity contribution is 1.16. The van der Waals surface area contributed by atoms with E-state index >= 15 is 0 Å². The number of nitrogens with zero attached hydrogens (tertiary/aromatic N) is 2. The Kier molecular flexibility index (Phi) is 4.08. The summed E-state index contributed by atoms with van der Waals surface area (Å²) in [6.07, 6.45) is 2.04. The molecule has 0 bridgehead atoms. The number of benzene rings is 1. The lowest BCUT2D eigenvalue weighted by atomic mass is 10.1. The molecule has 1 aromatic carbocycles. The third kappa shape index (κ3) is 3.07. The lowest BCUT2D eigenvalue weighted by Crippen LogP contribution is -2.00. The Bertz CT molecular complexity index is 644. The highest BCUT2D eigenvalue weighted by molar-refractivity contribution is 7.98. The van der Waals surface area contributed by atoms with Crippen molar-refractivity contribution in [3.63, 3.8) is 0 Å². The number of pyridine rings is 1. The summed E-state index contributed by atoms with van der Waals surface area (Å²) in [5.41, 5.74) is 3.39. The Labute approximate surface area is 117 Å². The van der Waals surface area contributed by atoms with Gasteiger partial charge in [0.1, 0.15) is 11.9 Å². The summed E-state index contributed by atoms with van der Waals surface area (Å²) in [4.78, 5) is 5.59. The maximum atomic E-state index is 9.23. The molecule has 0 radical (unpaired) electrons. The zero-order chi connectivity index (χ0) is 13.8. The maximum Gasteiger partial charge on any atom is 0.148 e. The van der Waals surface area contributed by atoms with Crippen LogP contribution in [0.15, 0.2) is 35.2 Å². The van der Waals surface area contributed by atoms with Crippen LogP contribution in [-0.4, -0.2) is 11.2 Å². The van der Waals surface area contributed by atoms with E-state index < -0.39 is 0 Å². The Hall–Kier alpha value is -1.99. The number of thioether (sulfide) groups is 1. The molecule has 1 aromatic heterocycles. The summed E-state index contributed by atoms with van der Waals surface area (Å²) in [5, 5.41) is 12.5. The highest BCUT2D eigenvalue weighted by atomic mass is 32.2. The van der Waals surface area contributed by atoms with Crippen LogP contribution in [0.1, 0.15) is 16.8 Å². The van der Waals surface area contributed by atoms with Gasteiger partial charge in [-0.25, -0.2) is 4.98 Å². The predicted molar refractivity (Wildman–Crippen MR) is 79.9 cm³/mol. The third-order valence-corrected chi connectivity index (χ3v) is 3.51. The van der Waals surface area contributed by atoms with E-state index in [-0.39, 0.29) is 0 Å². The number of hydrogen-bond acceptors (Lipinski definition) is 4. The lowest BCUT2D eigenvalue weighted by Gasteiger charge is -2.11. The van der Waals surface area contributed by atoms with E-state index in [1.165, 1.54) is 4.90 Å². The first kappa shape index (κ1) is 13.4. The monoisotopic (exact) mass is 269 g/mol. The van der Waals surface area contributed by atoms with Crippen molar-refractivity contribution in [3.05, 3.63) is 47.2 Å². The largest absolute Gasteiger partial charge is 0.339 e. The van der Waals surface area contributed by atoms with Gasteiger partial charge < -0.3 is 5.32 Å². The molecule has 2 rings (SSSR count). The number of aryl methyl sites for hydroxylation is 2. The minimum atomic E-state index is 0.597. The first-order valence-electron chi connectivity index (χ1n) is 5.93. The van der Waals surface area contributed by atoms with E-state index in [4.69, 9.17) is 0 Å². The van der Waals surface area contributed by atoms with Gasteiger partial charge >= 0.3 is 0 Å². The molecule has 1 N–H and O–H groups in total. The standard InChI is InChI=1S/C15H15N3S/c1-10-7-11(2)17-15(14(10)9-16)18-12-5-4-6-13(8-12)19-3/h4-8H,1-3H3,(H,17,18). The molecule has 19 heavy (non-hydrogen) atoms. The molecular weight excluding hydrogens is 254 g/mol. The number of nitriles is 1. The molecule has 0 aliphatic heterocycles. The molecule has 3 nitrogen and oxygen atoms in total. The van der Waals surface area contributed by atoms with Gasteiger partial charge in [0.2, 0.25) is 0 Å². The zero-order valence-electron chi connectivity index (χ0n) is 11.2. The Morgan fingerprint density at radius 3 is 2.74 bits per heavy atom. The van der Waals surface area contributed by atoms with Gasteiger partial charge in [-0.3, -0.25) is 0 Å². The minimum absolute atomic E-state index is 0.597. The molecular formula is C15H15N3S. The van der Waals surface area contributed by atoms with Crippen molar-refractivity contribution < 1.29 is 0 Å². The van der Waals surface area contributed by atoms with Crippen molar-refractivity contribution in [1.29, 1.82) is 5.26 Å². The second-order valence-corrected chi connectivity index (χ2v) is 5.15. The molecule has 0 saturated heterocycles. The van der Waals surface area contributed by atoms with Crippen molar-refractivity contribution in [1.82, 2.24) is 4.98 Å². The topological polar surface area (TPSA) is 48.7 Å². The fourth-order valence-electron chi connectivity index (χ4n) is 1.91. The van der Waals surface area contributed by atoms with Crippen LogP contribution >= 0.6 is 11.8 Å². The molecule has 0 spiro atoms. The van der Waals surface area contributed by atoms with E-state index in [0.717, 1.165) is 16.9 Å². The van der Waals surface area contributed by atoms with Gasteiger partial charge in [0.05, 0.1) is 5.56 Å². The van der Waals surface area contributed by atoms with Gasteiger partial charge in [0.15, 0.2) is 0 Å². The number of anilines is 2. The Morgan fingerprint density at radius 2 is 2.05 bits per heavy atom. The van der Waals surface area contributed by atoms with Crippen LogP contribution in [0.3, 0.4) is 0 Å². The molecule has 0 aliphatic carbocycles. The van der Waals surface area contributed by atoms with Crippen molar-refractivity contribution in [2.45, 2.75) is 18.7 Å². The van der Waals surface area contributed by atoms with Gasteiger partial charge in [-0.05, 0) is 49.9 Å². The van der Waals surface area contributed by atoms with Crippen molar-refractivity contribution in [2.75, 3.05) is 11.6 Å². The maximum absolute atomic E-state index is 9.23. The summed E-state index contributed by atoms with van der Waals surface area (Å²) in [7, 11) is 0. The van der Waals surface area contributed by atoms with Crippen molar-refractivity contribution >= 4 is 23.3 Å². The average molecular weight is 269 g/mol. The van der Waals surface area contributed by atoms with E-state index in [1.54, 1.807) is 11.8 Å². The number of rotatable bonds is 3. The first-order valence-corrected chi connectivity index (χ1v) is 7.16.